The molecule has 0 aromatic carbocycles. The van der Waals surface area contributed by atoms with Gasteiger partial charge < -0.3 is 9.73 Å². The highest BCUT2D eigenvalue weighted by Gasteiger charge is 2.42. The lowest BCUT2D eigenvalue weighted by Gasteiger charge is -2.17. The van der Waals surface area contributed by atoms with Crippen molar-refractivity contribution in [3.05, 3.63) is 40.7 Å². The van der Waals surface area contributed by atoms with Gasteiger partial charge in [-0.05, 0) is 43.0 Å². The van der Waals surface area contributed by atoms with Gasteiger partial charge >= 0.3 is 0 Å². The van der Waals surface area contributed by atoms with Gasteiger partial charge in [-0.25, -0.2) is 8.42 Å². The fraction of sp³-hybridized carbons (Fsp3) is 0.438. The Morgan fingerprint density at radius 2 is 2.04 bits per heavy atom. The molecule has 0 radical (unpaired) electrons. The zero-order valence-corrected chi connectivity index (χ0v) is 15.4. The maximum atomic E-state index is 12.9. The molecule has 0 bridgehead atoms. The van der Waals surface area contributed by atoms with Crippen LogP contribution in [0.2, 0.25) is 0 Å². The van der Waals surface area contributed by atoms with E-state index in [-0.39, 0.29) is 31.0 Å². The fourth-order valence-electron chi connectivity index (χ4n) is 3.05. The average Bonchev–Trinajstić information content (AvgIpc) is 3.18. The summed E-state index contributed by atoms with van der Waals surface area (Å²) < 4.78 is 33.3. The highest BCUT2D eigenvalue weighted by Crippen LogP contribution is 2.34. The second-order valence-corrected chi connectivity index (χ2v) is 9.12. The first-order valence-electron chi connectivity index (χ1n) is 7.66. The Morgan fingerprint density at radius 1 is 1.29 bits per heavy atom. The maximum absolute atomic E-state index is 12.9. The van der Waals surface area contributed by atoms with Crippen LogP contribution < -0.4 is 5.32 Å². The Kier molecular flexibility index (Phi) is 4.54. The number of nitrogens with one attached hydrogen (secondary N) is 1. The lowest BCUT2D eigenvalue weighted by molar-refractivity contribution is -0.119. The van der Waals surface area contributed by atoms with Crippen molar-refractivity contribution >= 4 is 27.3 Å². The molecule has 6 nitrogen and oxygen atoms in total. The molecular weight excluding hydrogens is 348 g/mol. The normalized spacial score (nSPS) is 22.0. The van der Waals surface area contributed by atoms with E-state index < -0.39 is 10.0 Å². The Morgan fingerprint density at radius 3 is 2.58 bits per heavy atom. The van der Waals surface area contributed by atoms with Gasteiger partial charge in [-0.1, -0.05) is 0 Å². The van der Waals surface area contributed by atoms with E-state index in [0.717, 1.165) is 11.3 Å². The molecule has 2 aromatic rings. The van der Waals surface area contributed by atoms with Crippen molar-refractivity contribution in [2.45, 2.75) is 36.9 Å². The minimum Gasteiger partial charge on any atom is -0.466 e. The van der Waals surface area contributed by atoms with Crippen LogP contribution in [0.1, 0.15) is 29.9 Å². The van der Waals surface area contributed by atoms with Gasteiger partial charge in [0.1, 0.15) is 15.7 Å². The number of rotatable bonds is 4. The number of hydrogen-bond donors (Lipinski definition) is 1. The van der Waals surface area contributed by atoms with Crippen LogP contribution in [-0.2, 0) is 14.8 Å². The van der Waals surface area contributed by atoms with Gasteiger partial charge in [-0.15, -0.1) is 11.3 Å². The summed E-state index contributed by atoms with van der Waals surface area (Å²) in [4.78, 5) is 11.5. The van der Waals surface area contributed by atoms with Crippen LogP contribution >= 0.6 is 11.3 Å². The van der Waals surface area contributed by atoms with Gasteiger partial charge in [0.2, 0.25) is 5.91 Å². The molecule has 0 saturated carbocycles. The van der Waals surface area contributed by atoms with Gasteiger partial charge in [-0.3, -0.25) is 4.79 Å². The van der Waals surface area contributed by atoms with Crippen LogP contribution in [0, 0.1) is 13.8 Å². The topological polar surface area (TPSA) is 79.6 Å². The van der Waals surface area contributed by atoms with Crippen molar-refractivity contribution in [2.75, 3.05) is 13.1 Å². The SMILES string of the molecule is CC(=O)N[C@@H]1CN(S(=O)(=O)c2sccc2C)C[C@H]1c1ccc(C)o1. The zero-order valence-electron chi connectivity index (χ0n) is 13.8. The molecule has 2 aromatic heterocycles. The molecule has 0 spiro atoms. The molecule has 3 rings (SSSR count). The highest BCUT2D eigenvalue weighted by molar-refractivity contribution is 7.91. The lowest BCUT2D eigenvalue weighted by Crippen LogP contribution is -2.39. The number of carbonyl (C=O) groups is 1. The minimum atomic E-state index is -3.57. The zero-order chi connectivity index (χ0) is 17.5. The smallest absolute Gasteiger partial charge is 0.252 e. The molecule has 130 valence electrons. The summed E-state index contributed by atoms with van der Waals surface area (Å²) in [5, 5.41) is 4.63. The largest absolute Gasteiger partial charge is 0.466 e. The molecular formula is C16H20N2O4S2. The number of amides is 1. The van der Waals surface area contributed by atoms with Gasteiger partial charge in [0, 0.05) is 20.0 Å². The van der Waals surface area contributed by atoms with Gasteiger partial charge in [0.05, 0.1) is 12.0 Å². The first-order chi connectivity index (χ1) is 11.3. The van der Waals surface area contributed by atoms with Crippen molar-refractivity contribution in [3.63, 3.8) is 0 Å². The number of sulfonamides is 1. The summed E-state index contributed by atoms with van der Waals surface area (Å²) in [6.07, 6.45) is 0. The van der Waals surface area contributed by atoms with Crippen LogP contribution in [0.25, 0.3) is 0 Å². The third-order valence-electron chi connectivity index (χ3n) is 4.19. The third kappa shape index (κ3) is 3.13. The predicted octanol–water partition coefficient (Wildman–Crippen LogP) is 2.25. The summed E-state index contributed by atoms with van der Waals surface area (Å²) in [6.45, 7) is 5.60. The molecule has 8 heteroatoms. The second kappa shape index (κ2) is 6.34. The molecule has 1 aliphatic heterocycles. The Balaban J connectivity index is 1.92. The summed E-state index contributed by atoms with van der Waals surface area (Å²) >= 11 is 1.22. The van der Waals surface area contributed by atoms with E-state index in [9.17, 15) is 13.2 Å². The van der Waals surface area contributed by atoms with Gasteiger partial charge in [0.25, 0.3) is 10.0 Å². The van der Waals surface area contributed by atoms with E-state index >= 15 is 0 Å². The minimum absolute atomic E-state index is 0.181. The van der Waals surface area contributed by atoms with E-state index in [2.05, 4.69) is 5.32 Å². The number of hydrogen-bond acceptors (Lipinski definition) is 5. The summed E-state index contributed by atoms with van der Waals surface area (Å²) in [7, 11) is -3.57. The van der Waals surface area contributed by atoms with Crippen LogP contribution in [-0.4, -0.2) is 37.8 Å². The molecule has 1 aliphatic rings. The summed E-state index contributed by atoms with van der Waals surface area (Å²) in [6, 6.07) is 5.19. The predicted molar refractivity (Wildman–Crippen MR) is 91.6 cm³/mol. The Bertz CT molecular complexity index is 853. The lowest BCUT2D eigenvalue weighted by atomic mass is 10.0. The van der Waals surface area contributed by atoms with E-state index in [4.69, 9.17) is 4.42 Å². The quantitative estimate of drug-likeness (QED) is 0.898. The standard InChI is InChI=1S/C16H20N2O4S2/c1-10-6-7-23-16(10)24(20,21)18-8-13(14(9-18)17-12(3)19)15-5-4-11(2)22-15/h4-7,13-14H,8-9H2,1-3H3,(H,17,19)/t13-,14-/m1/s1. The highest BCUT2D eigenvalue weighted by atomic mass is 32.2. The van der Waals surface area contributed by atoms with Crippen molar-refractivity contribution in [1.82, 2.24) is 9.62 Å². The molecule has 1 N–H and O–H groups in total. The number of furan rings is 1. The molecule has 1 fully saturated rings. The Labute approximate surface area is 145 Å². The molecule has 1 amide bonds. The number of carbonyl (C=O) groups excluding carboxylic acids is 1. The van der Waals surface area contributed by atoms with Crippen LogP contribution in [0.4, 0.5) is 0 Å². The van der Waals surface area contributed by atoms with E-state index in [1.54, 1.807) is 18.4 Å². The molecule has 0 unspecified atom stereocenters. The Hall–Kier alpha value is -1.64. The molecule has 0 aliphatic carbocycles. The number of nitrogens with zero attached hydrogens (tertiary/aromatic N) is 1. The van der Waals surface area contributed by atoms with Gasteiger partial charge in [0.15, 0.2) is 0 Å². The molecule has 24 heavy (non-hydrogen) atoms. The first kappa shape index (κ1) is 17.2. The number of aryl methyl sites for hydroxylation is 2. The van der Waals surface area contributed by atoms with Crippen LogP contribution in [0.15, 0.2) is 32.2 Å². The van der Waals surface area contributed by atoms with Crippen molar-refractivity contribution in [1.29, 1.82) is 0 Å². The summed E-state index contributed by atoms with van der Waals surface area (Å²) in [5.74, 6) is 1.09. The third-order valence-corrected chi connectivity index (χ3v) is 7.69. The average molecular weight is 368 g/mol. The van der Waals surface area contributed by atoms with E-state index in [1.807, 2.05) is 19.1 Å². The summed E-state index contributed by atoms with van der Waals surface area (Å²) in [5.41, 5.74) is 0.744. The molecule has 1 saturated heterocycles. The van der Waals surface area contributed by atoms with Crippen molar-refractivity contribution in [3.8, 4) is 0 Å². The molecule has 3 heterocycles. The second-order valence-electron chi connectivity index (χ2n) is 6.08. The monoisotopic (exact) mass is 368 g/mol. The maximum Gasteiger partial charge on any atom is 0.252 e. The van der Waals surface area contributed by atoms with Crippen molar-refractivity contribution in [2.24, 2.45) is 0 Å². The van der Waals surface area contributed by atoms with Crippen LogP contribution in [0.5, 0.6) is 0 Å². The number of thiophene rings is 1. The van der Waals surface area contributed by atoms with Crippen molar-refractivity contribution < 1.29 is 17.6 Å². The van der Waals surface area contributed by atoms with E-state index in [1.165, 1.54) is 22.6 Å². The van der Waals surface area contributed by atoms with E-state index in [0.29, 0.717) is 9.97 Å². The molecule has 2 atom stereocenters. The fourth-order valence-corrected chi connectivity index (χ4v) is 6.09. The first-order valence-corrected chi connectivity index (χ1v) is 9.98. The van der Waals surface area contributed by atoms with Crippen LogP contribution in [0.3, 0.4) is 0 Å². The van der Waals surface area contributed by atoms with Gasteiger partial charge in [-0.2, -0.15) is 4.31 Å².